The van der Waals surface area contributed by atoms with Crippen molar-refractivity contribution in [3.8, 4) is 0 Å². The van der Waals surface area contributed by atoms with Crippen LogP contribution in [0.3, 0.4) is 0 Å². The van der Waals surface area contributed by atoms with Gasteiger partial charge >= 0.3 is 0 Å². The number of amides is 1. The third kappa shape index (κ3) is 5.45. The van der Waals surface area contributed by atoms with Gasteiger partial charge in [-0.1, -0.05) is 56.0 Å². The van der Waals surface area contributed by atoms with Crippen LogP contribution in [0, 0.1) is 12.8 Å². The smallest absolute Gasteiger partial charge is 0.257 e. The highest BCUT2D eigenvalue weighted by atomic mass is 16.5. The number of carbonyl (C=O) groups is 1. The lowest BCUT2D eigenvalue weighted by molar-refractivity contribution is 0.0939. The largest absolute Gasteiger partial charge is 0.383 e. The number of pyridine rings is 2. The Bertz CT molecular complexity index is 1110. The van der Waals surface area contributed by atoms with Crippen molar-refractivity contribution in [3.63, 3.8) is 0 Å². The van der Waals surface area contributed by atoms with Gasteiger partial charge in [0.1, 0.15) is 5.56 Å². The van der Waals surface area contributed by atoms with Crippen molar-refractivity contribution in [2.24, 2.45) is 5.92 Å². The van der Waals surface area contributed by atoms with Gasteiger partial charge in [0.15, 0.2) is 5.43 Å². The Morgan fingerprint density at radius 3 is 2.47 bits per heavy atom. The van der Waals surface area contributed by atoms with Crippen LogP contribution in [-0.4, -0.2) is 29.2 Å². The van der Waals surface area contributed by atoms with Crippen LogP contribution in [0.1, 0.15) is 64.6 Å². The topological polar surface area (TPSA) is 73.2 Å². The fourth-order valence-corrected chi connectivity index (χ4v) is 5.03. The lowest BCUT2D eigenvalue weighted by atomic mass is 9.95. The number of rotatable bonds is 9. The van der Waals surface area contributed by atoms with E-state index in [9.17, 15) is 9.59 Å². The van der Waals surface area contributed by atoms with E-state index >= 15 is 0 Å². The molecule has 1 aliphatic rings. The van der Waals surface area contributed by atoms with Gasteiger partial charge in [-0.05, 0) is 42.5 Å². The molecule has 1 fully saturated rings. The Morgan fingerprint density at radius 2 is 1.79 bits per heavy atom. The first-order chi connectivity index (χ1) is 16.6. The van der Waals surface area contributed by atoms with Crippen LogP contribution in [-0.2, 0) is 17.7 Å². The van der Waals surface area contributed by atoms with E-state index in [0.29, 0.717) is 19.1 Å². The van der Waals surface area contributed by atoms with Gasteiger partial charge in [-0.25, -0.2) is 0 Å². The molecule has 1 aromatic carbocycles. The Labute approximate surface area is 201 Å². The monoisotopic (exact) mass is 459 g/mol. The third-order valence-corrected chi connectivity index (χ3v) is 6.78. The number of carbonyl (C=O) groups excluding carboxylic acids is 1. The highest BCUT2D eigenvalue weighted by Gasteiger charge is 2.27. The second kappa shape index (κ2) is 11.3. The molecule has 0 aliphatic heterocycles. The predicted octanol–water partition coefficient (Wildman–Crippen LogP) is 4.45. The molecule has 6 heteroatoms. The fraction of sp³-hybridized carbons (Fsp3) is 0.393. The van der Waals surface area contributed by atoms with Crippen molar-refractivity contribution in [2.75, 3.05) is 13.7 Å². The predicted molar refractivity (Wildman–Crippen MR) is 133 cm³/mol. The molecular formula is C28H33N3O3. The molecule has 2 aromatic heterocycles. The van der Waals surface area contributed by atoms with E-state index in [0.717, 1.165) is 41.8 Å². The molecule has 4 rings (SSSR count). The summed E-state index contributed by atoms with van der Waals surface area (Å²) in [5.74, 6) is 0.154. The molecule has 0 saturated heterocycles. The number of nitrogens with zero attached hydrogens (tertiary/aromatic N) is 2. The maximum Gasteiger partial charge on any atom is 0.257 e. The highest BCUT2D eigenvalue weighted by Crippen LogP contribution is 2.29. The van der Waals surface area contributed by atoms with Gasteiger partial charge in [0.05, 0.1) is 12.6 Å². The Kier molecular flexibility index (Phi) is 7.91. The van der Waals surface area contributed by atoms with Gasteiger partial charge in [-0.2, -0.15) is 0 Å². The molecule has 0 bridgehead atoms. The molecule has 6 nitrogen and oxygen atoms in total. The van der Waals surface area contributed by atoms with Crippen molar-refractivity contribution in [3.05, 3.63) is 99.2 Å². The Morgan fingerprint density at radius 1 is 1.12 bits per heavy atom. The minimum atomic E-state index is -0.385. The van der Waals surface area contributed by atoms with Crippen LogP contribution >= 0.6 is 0 Å². The summed E-state index contributed by atoms with van der Waals surface area (Å²) in [4.78, 5) is 31.1. The number of nitrogens with one attached hydrogen (secondary N) is 1. The first kappa shape index (κ1) is 23.9. The molecule has 1 aliphatic carbocycles. The lowest BCUT2D eigenvalue weighted by Gasteiger charge is -2.24. The number of hydrogen-bond acceptors (Lipinski definition) is 4. The molecule has 2 heterocycles. The standard InChI is InChI=1S/C28H33N3O3/c1-20-18-25(32)26(24(31(20)16-17-34-2)19-21-8-6-7-9-21)28(33)30-27(22-10-4-3-5-11-22)23-12-14-29-15-13-23/h3-5,10-15,18,21,27H,6-9,16-17,19H2,1-2H3,(H,30,33). The van der Waals surface area contributed by atoms with Crippen molar-refractivity contribution in [1.29, 1.82) is 0 Å². The van der Waals surface area contributed by atoms with E-state index in [1.165, 1.54) is 12.8 Å². The molecule has 1 atom stereocenters. The SMILES string of the molecule is COCCn1c(C)cc(=O)c(C(=O)NC(c2ccccc2)c2ccncc2)c1CC1CCCC1. The highest BCUT2D eigenvalue weighted by molar-refractivity contribution is 5.95. The minimum absolute atomic E-state index is 0.224. The first-order valence-electron chi connectivity index (χ1n) is 12.1. The number of ether oxygens (including phenoxy) is 1. The average Bonchev–Trinajstić information content (AvgIpc) is 3.36. The van der Waals surface area contributed by atoms with Crippen LogP contribution in [0.5, 0.6) is 0 Å². The van der Waals surface area contributed by atoms with E-state index in [2.05, 4.69) is 14.9 Å². The normalized spacial score (nSPS) is 14.8. The number of benzene rings is 1. The van der Waals surface area contributed by atoms with Gasteiger partial charge in [0, 0.05) is 43.5 Å². The quantitative estimate of drug-likeness (QED) is 0.513. The van der Waals surface area contributed by atoms with E-state index in [-0.39, 0.29) is 22.9 Å². The summed E-state index contributed by atoms with van der Waals surface area (Å²) in [5.41, 5.74) is 3.58. The summed E-state index contributed by atoms with van der Waals surface area (Å²) in [5, 5.41) is 3.16. The minimum Gasteiger partial charge on any atom is -0.383 e. The molecule has 34 heavy (non-hydrogen) atoms. The summed E-state index contributed by atoms with van der Waals surface area (Å²) in [6.07, 6.45) is 8.85. The van der Waals surface area contributed by atoms with Crippen molar-refractivity contribution < 1.29 is 9.53 Å². The summed E-state index contributed by atoms with van der Waals surface area (Å²) in [6.45, 7) is 3.06. The number of aromatic nitrogens is 2. The third-order valence-electron chi connectivity index (χ3n) is 6.78. The molecule has 0 radical (unpaired) electrons. The maximum absolute atomic E-state index is 13.8. The lowest BCUT2D eigenvalue weighted by Crippen LogP contribution is -2.36. The average molecular weight is 460 g/mol. The second-order valence-electron chi connectivity index (χ2n) is 9.07. The molecule has 1 amide bonds. The Hall–Kier alpha value is -3.25. The van der Waals surface area contributed by atoms with E-state index in [4.69, 9.17) is 4.74 Å². The van der Waals surface area contributed by atoms with Crippen LogP contribution in [0.4, 0.5) is 0 Å². The molecule has 1 saturated carbocycles. The van der Waals surface area contributed by atoms with Crippen LogP contribution in [0.25, 0.3) is 0 Å². The summed E-state index contributed by atoms with van der Waals surface area (Å²) < 4.78 is 7.43. The number of aryl methyl sites for hydroxylation is 1. The van der Waals surface area contributed by atoms with Crippen LogP contribution in [0.15, 0.2) is 65.7 Å². The van der Waals surface area contributed by atoms with Gasteiger partial charge in [-0.3, -0.25) is 14.6 Å². The summed E-state index contributed by atoms with van der Waals surface area (Å²) in [6, 6.07) is 14.8. The first-order valence-corrected chi connectivity index (χ1v) is 12.1. The van der Waals surface area contributed by atoms with Crippen molar-refractivity contribution >= 4 is 5.91 Å². The van der Waals surface area contributed by atoms with E-state index in [1.807, 2.05) is 49.4 Å². The number of hydrogen-bond donors (Lipinski definition) is 1. The van der Waals surface area contributed by atoms with Crippen molar-refractivity contribution in [2.45, 2.75) is 51.6 Å². The van der Waals surface area contributed by atoms with Gasteiger partial charge < -0.3 is 14.6 Å². The molecule has 1 unspecified atom stereocenters. The molecular weight excluding hydrogens is 426 g/mol. The molecule has 0 spiro atoms. The Balaban J connectivity index is 1.75. The van der Waals surface area contributed by atoms with E-state index < -0.39 is 0 Å². The maximum atomic E-state index is 13.8. The van der Waals surface area contributed by atoms with Gasteiger partial charge in [-0.15, -0.1) is 0 Å². The van der Waals surface area contributed by atoms with E-state index in [1.54, 1.807) is 25.6 Å². The zero-order chi connectivity index (χ0) is 23.9. The van der Waals surface area contributed by atoms with Gasteiger partial charge in [0.25, 0.3) is 5.91 Å². The molecule has 3 aromatic rings. The van der Waals surface area contributed by atoms with Crippen LogP contribution < -0.4 is 10.7 Å². The molecule has 178 valence electrons. The number of methoxy groups -OCH3 is 1. The van der Waals surface area contributed by atoms with Crippen LogP contribution in [0.2, 0.25) is 0 Å². The van der Waals surface area contributed by atoms with Gasteiger partial charge in [0.2, 0.25) is 0 Å². The zero-order valence-corrected chi connectivity index (χ0v) is 20.0. The summed E-state index contributed by atoms with van der Waals surface area (Å²) in [7, 11) is 1.67. The van der Waals surface area contributed by atoms with Crippen molar-refractivity contribution in [1.82, 2.24) is 14.9 Å². The summed E-state index contributed by atoms with van der Waals surface area (Å²) >= 11 is 0. The second-order valence-corrected chi connectivity index (χ2v) is 9.07. The fourth-order valence-electron chi connectivity index (χ4n) is 5.03. The zero-order valence-electron chi connectivity index (χ0n) is 20.0. The molecule has 1 N–H and O–H groups in total.